The van der Waals surface area contributed by atoms with Gasteiger partial charge in [0.2, 0.25) is 6.79 Å². The van der Waals surface area contributed by atoms with E-state index in [-0.39, 0.29) is 0 Å². The van der Waals surface area contributed by atoms with Crippen LogP contribution >= 0.6 is 15.9 Å². The zero-order chi connectivity index (χ0) is 14.8. The third kappa shape index (κ3) is 3.22. The van der Waals surface area contributed by atoms with E-state index in [1.165, 1.54) is 16.7 Å². The topological polar surface area (TPSA) is 30.5 Å². The van der Waals surface area contributed by atoms with Crippen LogP contribution in [0, 0.1) is 6.92 Å². The molecule has 2 aromatic carbocycles. The molecule has 0 bridgehead atoms. The van der Waals surface area contributed by atoms with Crippen LogP contribution in [0.4, 0.5) is 0 Å². The molecule has 1 unspecified atom stereocenters. The normalized spacial score (nSPS) is 14.2. The maximum absolute atomic E-state index is 5.43. The van der Waals surface area contributed by atoms with Crippen molar-refractivity contribution in [3.63, 3.8) is 0 Å². The van der Waals surface area contributed by atoms with E-state index in [1.54, 1.807) is 0 Å². The average Bonchev–Trinajstić information content (AvgIpc) is 2.92. The summed E-state index contributed by atoms with van der Waals surface area (Å²) in [6.07, 6.45) is 0. The number of fused-ring (bicyclic) bond motifs is 1. The molecule has 3 rings (SSSR count). The third-order valence-electron chi connectivity index (χ3n) is 3.72. The molecule has 4 heteroatoms. The fourth-order valence-corrected chi connectivity index (χ4v) is 2.79. The number of benzene rings is 2. The van der Waals surface area contributed by atoms with Gasteiger partial charge in [0.25, 0.3) is 0 Å². The first-order valence-corrected chi connectivity index (χ1v) is 7.81. The lowest BCUT2D eigenvalue weighted by Crippen LogP contribution is -2.18. The molecule has 0 amide bonds. The third-order valence-corrected chi connectivity index (χ3v) is 4.46. The number of nitrogens with one attached hydrogen (secondary N) is 1. The molecule has 0 spiro atoms. The number of ether oxygens (including phenoxy) is 2. The van der Waals surface area contributed by atoms with Gasteiger partial charge in [-0.1, -0.05) is 45.8 Å². The summed E-state index contributed by atoms with van der Waals surface area (Å²) < 4.78 is 11.8. The quantitative estimate of drug-likeness (QED) is 0.892. The van der Waals surface area contributed by atoms with Crippen LogP contribution in [0.1, 0.15) is 29.7 Å². The second kappa shape index (κ2) is 6.08. The van der Waals surface area contributed by atoms with Crippen LogP contribution in [-0.4, -0.2) is 6.79 Å². The van der Waals surface area contributed by atoms with Crippen LogP contribution < -0.4 is 14.8 Å². The predicted molar refractivity (Wildman–Crippen MR) is 86.7 cm³/mol. The largest absolute Gasteiger partial charge is 0.454 e. The summed E-state index contributed by atoms with van der Waals surface area (Å²) in [5.41, 5.74) is 3.74. The van der Waals surface area contributed by atoms with E-state index in [2.05, 4.69) is 59.4 Å². The standard InChI is InChI=1S/C17H18BrNO2/c1-11-3-5-13(6-4-11)12(2)19-9-14-7-16-17(8-15(14)18)21-10-20-16/h3-8,12,19H,9-10H2,1-2H3. The van der Waals surface area contributed by atoms with E-state index in [0.717, 1.165) is 22.5 Å². The lowest BCUT2D eigenvalue weighted by atomic mass is 10.1. The number of rotatable bonds is 4. The van der Waals surface area contributed by atoms with Gasteiger partial charge >= 0.3 is 0 Å². The molecular weight excluding hydrogens is 330 g/mol. The maximum Gasteiger partial charge on any atom is 0.231 e. The Balaban J connectivity index is 1.68. The van der Waals surface area contributed by atoms with Crippen LogP contribution in [0.3, 0.4) is 0 Å². The van der Waals surface area contributed by atoms with Crippen molar-refractivity contribution in [1.82, 2.24) is 5.32 Å². The van der Waals surface area contributed by atoms with E-state index in [9.17, 15) is 0 Å². The van der Waals surface area contributed by atoms with Gasteiger partial charge < -0.3 is 14.8 Å². The van der Waals surface area contributed by atoms with E-state index in [0.29, 0.717) is 12.8 Å². The van der Waals surface area contributed by atoms with Crippen molar-refractivity contribution in [1.29, 1.82) is 0 Å². The highest BCUT2D eigenvalue weighted by molar-refractivity contribution is 9.10. The van der Waals surface area contributed by atoms with Crippen molar-refractivity contribution in [2.45, 2.75) is 26.4 Å². The van der Waals surface area contributed by atoms with Gasteiger partial charge in [0.1, 0.15) is 0 Å². The molecule has 1 atom stereocenters. The Morgan fingerprint density at radius 2 is 1.81 bits per heavy atom. The van der Waals surface area contributed by atoms with E-state index >= 15 is 0 Å². The molecule has 0 aliphatic carbocycles. The van der Waals surface area contributed by atoms with Crippen LogP contribution in [0.5, 0.6) is 11.5 Å². The number of hydrogen-bond donors (Lipinski definition) is 1. The van der Waals surface area contributed by atoms with E-state index < -0.39 is 0 Å². The average molecular weight is 348 g/mol. The highest BCUT2D eigenvalue weighted by atomic mass is 79.9. The molecular formula is C17H18BrNO2. The molecule has 1 N–H and O–H groups in total. The zero-order valence-corrected chi connectivity index (χ0v) is 13.7. The summed E-state index contributed by atoms with van der Waals surface area (Å²) in [5.74, 6) is 1.62. The molecule has 0 saturated heterocycles. The summed E-state index contributed by atoms with van der Waals surface area (Å²) in [7, 11) is 0. The van der Waals surface area contributed by atoms with Gasteiger partial charge in [-0.05, 0) is 37.1 Å². The van der Waals surface area contributed by atoms with Gasteiger partial charge in [-0.25, -0.2) is 0 Å². The first-order chi connectivity index (χ1) is 10.1. The van der Waals surface area contributed by atoms with Crippen molar-refractivity contribution >= 4 is 15.9 Å². The highest BCUT2D eigenvalue weighted by Crippen LogP contribution is 2.37. The second-order valence-electron chi connectivity index (χ2n) is 5.31. The minimum atomic E-state index is 0.294. The molecule has 3 nitrogen and oxygen atoms in total. The minimum absolute atomic E-state index is 0.294. The fraction of sp³-hybridized carbons (Fsp3) is 0.294. The predicted octanol–water partition coefficient (Wildman–Crippen LogP) is 4.34. The van der Waals surface area contributed by atoms with E-state index in [4.69, 9.17) is 9.47 Å². The molecule has 110 valence electrons. The van der Waals surface area contributed by atoms with Crippen molar-refractivity contribution in [2.75, 3.05) is 6.79 Å². The van der Waals surface area contributed by atoms with Gasteiger partial charge in [-0.3, -0.25) is 0 Å². The Labute approximate surface area is 133 Å². The Bertz CT molecular complexity index is 640. The molecule has 0 radical (unpaired) electrons. The van der Waals surface area contributed by atoms with Crippen LogP contribution in [0.15, 0.2) is 40.9 Å². The summed E-state index contributed by atoms with van der Waals surface area (Å²) in [5, 5.41) is 3.54. The first-order valence-electron chi connectivity index (χ1n) is 7.01. The van der Waals surface area contributed by atoms with Gasteiger partial charge in [0, 0.05) is 17.1 Å². The SMILES string of the molecule is Cc1ccc(C(C)NCc2cc3c(cc2Br)OCO3)cc1. The summed E-state index contributed by atoms with van der Waals surface area (Å²) in [6, 6.07) is 12.9. The molecule has 0 fully saturated rings. The van der Waals surface area contributed by atoms with Crippen LogP contribution in [0.2, 0.25) is 0 Å². The molecule has 0 saturated carbocycles. The molecule has 2 aromatic rings. The zero-order valence-electron chi connectivity index (χ0n) is 12.2. The summed E-state index contributed by atoms with van der Waals surface area (Å²) in [4.78, 5) is 0. The molecule has 1 heterocycles. The first kappa shape index (κ1) is 14.4. The Hall–Kier alpha value is -1.52. The monoisotopic (exact) mass is 347 g/mol. The number of halogens is 1. The van der Waals surface area contributed by atoms with E-state index in [1.807, 2.05) is 12.1 Å². The van der Waals surface area contributed by atoms with Crippen molar-refractivity contribution in [3.05, 3.63) is 57.6 Å². The molecule has 0 aromatic heterocycles. The van der Waals surface area contributed by atoms with Gasteiger partial charge in [-0.2, -0.15) is 0 Å². The van der Waals surface area contributed by atoms with Crippen molar-refractivity contribution < 1.29 is 9.47 Å². The van der Waals surface area contributed by atoms with Crippen molar-refractivity contribution in [2.24, 2.45) is 0 Å². The summed E-state index contributed by atoms with van der Waals surface area (Å²) in [6.45, 7) is 5.35. The Morgan fingerprint density at radius 1 is 1.14 bits per heavy atom. The molecule has 21 heavy (non-hydrogen) atoms. The van der Waals surface area contributed by atoms with Gasteiger partial charge in [-0.15, -0.1) is 0 Å². The van der Waals surface area contributed by atoms with Crippen LogP contribution in [-0.2, 0) is 6.54 Å². The Morgan fingerprint density at radius 3 is 2.52 bits per heavy atom. The Kier molecular flexibility index (Phi) is 4.17. The molecule has 1 aliphatic rings. The smallest absolute Gasteiger partial charge is 0.231 e. The van der Waals surface area contributed by atoms with Crippen molar-refractivity contribution in [3.8, 4) is 11.5 Å². The van der Waals surface area contributed by atoms with Crippen LogP contribution in [0.25, 0.3) is 0 Å². The summed E-state index contributed by atoms with van der Waals surface area (Å²) >= 11 is 3.59. The van der Waals surface area contributed by atoms with Gasteiger partial charge in [0.15, 0.2) is 11.5 Å². The lowest BCUT2D eigenvalue weighted by Gasteiger charge is -2.15. The second-order valence-corrected chi connectivity index (χ2v) is 6.16. The molecule has 1 aliphatic heterocycles. The number of hydrogen-bond acceptors (Lipinski definition) is 3. The number of aryl methyl sites for hydroxylation is 1. The van der Waals surface area contributed by atoms with Gasteiger partial charge in [0.05, 0.1) is 0 Å². The lowest BCUT2D eigenvalue weighted by molar-refractivity contribution is 0.174. The maximum atomic E-state index is 5.43. The fourth-order valence-electron chi connectivity index (χ4n) is 2.33. The highest BCUT2D eigenvalue weighted by Gasteiger charge is 2.16. The minimum Gasteiger partial charge on any atom is -0.454 e.